The lowest BCUT2D eigenvalue weighted by molar-refractivity contribution is -0.138. The van der Waals surface area contributed by atoms with Crippen LogP contribution in [-0.2, 0) is 9.59 Å². The second kappa shape index (κ2) is 8.73. The summed E-state index contributed by atoms with van der Waals surface area (Å²) < 4.78 is 33.2. The van der Waals surface area contributed by atoms with E-state index in [1.165, 1.54) is 47.4 Å². The fourth-order valence-corrected chi connectivity index (χ4v) is 3.60. The Balaban J connectivity index is 1.70. The minimum absolute atomic E-state index is 0.277. The Labute approximate surface area is 182 Å². The monoisotopic (exact) mass is 442 g/mol. The maximum Gasteiger partial charge on any atom is 0.261 e. The molecule has 0 saturated carbocycles. The maximum atomic E-state index is 14.1. The van der Waals surface area contributed by atoms with E-state index < -0.39 is 29.5 Å². The van der Waals surface area contributed by atoms with Crippen LogP contribution >= 0.6 is 11.6 Å². The maximum absolute atomic E-state index is 14.1. The molecule has 1 heterocycles. The van der Waals surface area contributed by atoms with Crippen LogP contribution < -0.4 is 10.1 Å². The van der Waals surface area contributed by atoms with Gasteiger partial charge in [0.05, 0.1) is 6.04 Å². The van der Waals surface area contributed by atoms with Crippen molar-refractivity contribution >= 4 is 29.1 Å². The first-order valence-corrected chi connectivity index (χ1v) is 9.81. The number of amides is 2. The number of ether oxygens (including phenoxy) is 1. The zero-order valence-corrected chi connectivity index (χ0v) is 16.9. The van der Waals surface area contributed by atoms with Gasteiger partial charge in [0.2, 0.25) is 5.91 Å². The molecular weight excluding hydrogens is 426 g/mol. The largest absolute Gasteiger partial charge is 0.484 e. The summed E-state index contributed by atoms with van der Waals surface area (Å²) >= 11 is 5.86. The average Bonchev–Trinajstić information content (AvgIpc) is 2.89. The molecule has 1 N–H and O–H groups in total. The molecule has 5 nitrogen and oxygen atoms in total. The highest BCUT2D eigenvalue weighted by atomic mass is 35.5. The summed E-state index contributed by atoms with van der Waals surface area (Å²) in [5.74, 6) is -1.46. The number of carbonyl (C=O) groups excluding carboxylic acids is 2. The van der Waals surface area contributed by atoms with Crippen LogP contribution in [0, 0.1) is 11.6 Å². The number of rotatable bonds is 4. The fraction of sp³-hybridized carbons (Fsp3) is 0.130. The van der Waals surface area contributed by atoms with Crippen LogP contribution in [0.3, 0.4) is 0 Å². The smallest absolute Gasteiger partial charge is 0.261 e. The lowest BCUT2D eigenvalue weighted by Gasteiger charge is -2.30. The summed E-state index contributed by atoms with van der Waals surface area (Å²) in [6.45, 7) is -0.627. The third kappa shape index (κ3) is 4.67. The van der Waals surface area contributed by atoms with E-state index >= 15 is 0 Å². The minimum atomic E-state index is -0.813. The second-order valence-corrected chi connectivity index (χ2v) is 7.43. The predicted molar refractivity (Wildman–Crippen MR) is 112 cm³/mol. The van der Waals surface area contributed by atoms with E-state index in [-0.39, 0.29) is 13.2 Å². The van der Waals surface area contributed by atoms with Gasteiger partial charge < -0.3 is 15.0 Å². The van der Waals surface area contributed by atoms with Crippen molar-refractivity contribution in [1.82, 2.24) is 4.90 Å². The molecule has 0 saturated heterocycles. The van der Waals surface area contributed by atoms with Gasteiger partial charge in [0.25, 0.3) is 5.91 Å². The number of anilines is 1. The number of carbonyl (C=O) groups is 2. The average molecular weight is 443 g/mol. The Morgan fingerprint density at radius 3 is 2.42 bits per heavy atom. The molecule has 1 aliphatic rings. The highest BCUT2D eigenvalue weighted by Gasteiger charge is 2.34. The summed E-state index contributed by atoms with van der Waals surface area (Å²) in [5.41, 5.74) is 1.30. The van der Waals surface area contributed by atoms with E-state index in [1.807, 2.05) is 0 Å². The third-order valence-electron chi connectivity index (χ3n) is 4.89. The fourth-order valence-electron chi connectivity index (χ4n) is 3.47. The highest BCUT2D eigenvalue weighted by molar-refractivity contribution is 6.30. The van der Waals surface area contributed by atoms with Gasteiger partial charge in [-0.05, 0) is 60.2 Å². The number of halogens is 3. The number of nitrogens with zero attached hydrogens (tertiary/aromatic N) is 1. The molecular formula is C23H17ClF2N2O3. The molecule has 0 bridgehead atoms. The molecule has 0 aliphatic carbocycles. The topological polar surface area (TPSA) is 58.6 Å². The lowest BCUT2D eigenvalue weighted by Crippen LogP contribution is -2.41. The summed E-state index contributed by atoms with van der Waals surface area (Å²) in [6.07, 6.45) is 0. The van der Waals surface area contributed by atoms with E-state index in [0.717, 1.165) is 0 Å². The third-order valence-corrected chi connectivity index (χ3v) is 5.14. The van der Waals surface area contributed by atoms with Crippen LogP contribution in [0.15, 0.2) is 66.7 Å². The number of hydrogen-bond acceptors (Lipinski definition) is 3. The lowest BCUT2D eigenvalue weighted by atomic mass is 9.95. The van der Waals surface area contributed by atoms with Crippen LogP contribution in [0.4, 0.5) is 14.5 Å². The Hall–Kier alpha value is -3.45. The Morgan fingerprint density at radius 2 is 1.71 bits per heavy atom. The predicted octanol–water partition coefficient (Wildman–Crippen LogP) is 4.57. The van der Waals surface area contributed by atoms with Gasteiger partial charge >= 0.3 is 0 Å². The molecule has 3 aromatic rings. The molecule has 0 radical (unpaired) electrons. The molecule has 1 atom stereocenters. The first-order valence-electron chi connectivity index (χ1n) is 9.43. The first-order chi connectivity index (χ1) is 14.9. The summed E-state index contributed by atoms with van der Waals surface area (Å²) in [7, 11) is 0. The number of benzene rings is 3. The number of hydrogen-bond donors (Lipinski definition) is 1. The van der Waals surface area contributed by atoms with Gasteiger partial charge in [-0.2, -0.15) is 0 Å². The second-order valence-electron chi connectivity index (χ2n) is 7.00. The molecule has 8 heteroatoms. The zero-order chi connectivity index (χ0) is 22.0. The van der Waals surface area contributed by atoms with E-state index in [4.69, 9.17) is 16.3 Å². The molecule has 2 amide bonds. The Kier molecular flexibility index (Phi) is 5.86. The van der Waals surface area contributed by atoms with Gasteiger partial charge in [-0.3, -0.25) is 9.59 Å². The van der Waals surface area contributed by atoms with Gasteiger partial charge in [-0.15, -0.1) is 0 Å². The Bertz CT molecular complexity index is 1120. The number of nitrogens with one attached hydrogen (secondary N) is 1. The molecule has 158 valence electrons. The molecule has 31 heavy (non-hydrogen) atoms. The van der Waals surface area contributed by atoms with Gasteiger partial charge in [0.1, 0.15) is 23.9 Å². The summed E-state index contributed by atoms with van der Waals surface area (Å²) in [5, 5.41) is 3.22. The standard InChI is InChI=1S/C23H17ClF2N2O3/c24-15-3-8-18(9-4-15)31-13-22(30)28-12-21(29)27-20-10-7-17(26)11-19(20)23(28)14-1-5-16(25)6-2-14/h1-11,23H,12-13H2,(H,27,29). The molecule has 0 spiro atoms. The minimum Gasteiger partial charge on any atom is -0.484 e. The van der Waals surface area contributed by atoms with E-state index in [0.29, 0.717) is 27.6 Å². The van der Waals surface area contributed by atoms with E-state index in [2.05, 4.69) is 5.32 Å². The van der Waals surface area contributed by atoms with Crippen LogP contribution in [-0.4, -0.2) is 29.9 Å². The van der Waals surface area contributed by atoms with Crippen LogP contribution in [0.5, 0.6) is 5.75 Å². The van der Waals surface area contributed by atoms with Crippen molar-refractivity contribution in [1.29, 1.82) is 0 Å². The molecule has 0 aromatic heterocycles. The van der Waals surface area contributed by atoms with Crippen molar-refractivity contribution in [2.75, 3.05) is 18.5 Å². The van der Waals surface area contributed by atoms with E-state index in [1.54, 1.807) is 24.3 Å². The van der Waals surface area contributed by atoms with Crippen molar-refractivity contribution in [2.45, 2.75) is 6.04 Å². The van der Waals surface area contributed by atoms with Gasteiger partial charge in [0.15, 0.2) is 6.61 Å². The quantitative estimate of drug-likeness (QED) is 0.644. The molecule has 0 fully saturated rings. The van der Waals surface area contributed by atoms with Crippen molar-refractivity contribution in [3.63, 3.8) is 0 Å². The summed E-state index contributed by atoms with van der Waals surface area (Å²) in [6, 6.07) is 15.1. The Morgan fingerprint density at radius 1 is 1.03 bits per heavy atom. The van der Waals surface area contributed by atoms with Crippen LogP contribution in [0.25, 0.3) is 0 Å². The van der Waals surface area contributed by atoms with Crippen molar-refractivity contribution in [3.8, 4) is 5.75 Å². The summed E-state index contributed by atoms with van der Waals surface area (Å²) in [4.78, 5) is 26.9. The number of fused-ring (bicyclic) bond motifs is 1. The van der Waals surface area contributed by atoms with Crippen molar-refractivity contribution in [3.05, 3.63) is 94.5 Å². The molecule has 1 unspecified atom stereocenters. The van der Waals surface area contributed by atoms with Gasteiger partial charge in [0, 0.05) is 16.3 Å². The van der Waals surface area contributed by atoms with E-state index in [9.17, 15) is 18.4 Å². The van der Waals surface area contributed by atoms with Crippen LogP contribution in [0.2, 0.25) is 5.02 Å². The van der Waals surface area contributed by atoms with Crippen molar-refractivity contribution < 1.29 is 23.1 Å². The van der Waals surface area contributed by atoms with Gasteiger partial charge in [-0.25, -0.2) is 8.78 Å². The SMILES string of the molecule is O=C1CN(C(=O)COc2ccc(Cl)cc2)C(c2ccc(F)cc2)c2cc(F)ccc2N1. The zero-order valence-electron chi connectivity index (χ0n) is 16.1. The van der Waals surface area contributed by atoms with Crippen LogP contribution in [0.1, 0.15) is 17.2 Å². The first kappa shape index (κ1) is 20.8. The van der Waals surface area contributed by atoms with Crippen molar-refractivity contribution in [2.24, 2.45) is 0 Å². The van der Waals surface area contributed by atoms with Gasteiger partial charge in [-0.1, -0.05) is 23.7 Å². The normalized spacial score (nSPS) is 15.6. The highest BCUT2D eigenvalue weighted by Crippen LogP contribution is 2.36. The molecule has 3 aromatic carbocycles. The molecule has 4 rings (SSSR count). The molecule has 1 aliphatic heterocycles.